The third kappa shape index (κ3) is 36.3. The van der Waals surface area contributed by atoms with Gasteiger partial charge in [-0.15, -0.1) is 0 Å². The van der Waals surface area contributed by atoms with Crippen LogP contribution in [0.25, 0.3) is 0 Å². The van der Waals surface area contributed by atoms with E-state index in [1.807, 2.05) is 0 Å². The molecule has 0 saturated carbocycles. The molecule has 65 heavy (non-hydrogen) atoms. The number of ether oxygens (including phenoxy) is 4. The molecule has 6 unspecified atom stereocenters. The van der Waals surface area contributed by atoms with Gasteiger partial charge in [0.05, 0.1) is 19.8 Å². The maximum Gasteiger partial charge on any atom is 0.397 e. The van der Waals surface area contributed by atoms with Gasteiger partial charge in [0.15, 0.2) is 6.29 Å². The number of unbranched alkanes of at least 4 members (excludes halogenated alkanes) is 18. The Morgan fingerprint density at radius 3 is 1.57 bits per heavy atom. The average molecular weight is 939 g/mol. The molecular formula is C52H90O12S. The highest BCUT2D eigenvalue weighted by atomic mass is 32.3. The summed E-state index contributed by atoms with van der Waals surface area (Å²) in [6.07, 6.45) is 46.5. The van der Waals surface area contributed by atoms with Gasteiger partial charge in [0.25, 0.3) is 0 Å². The lowest BCUT2D eigenvalue weighted by molar-refractivity contribution is -0.301. The highest BCUT2D eigenvalue weighted by molar-refractivity contribution is 7.80. The molecule has 0 aromatic rings. The van der Waals surface area contributed by atoms with Crippen LogP contribution in [-0.2, 0) is 38.3 Å². The quantitative estimate of drug-likeness (QED) is 0.0197. The van der Waals surface area contributed by atoms with Gasteiger partial charge in [-0.2, -0.15) is 8.42 Å². The van der Waals surface area contributed by atoms with Crippen molar-refractivity contribution in [3.63, 3.8) is 0 Å². The molecule has 1 aliphatic heterocycles. The van der Waals surface area contributed by atoms with Crippen molar-refractivity contribution < 1.29 is 56.2 Å². The van der Waals surface area contributed by atoms with Crippen molar-refractivity contribution in [2.24, 2.45) is 0 Å². The molecule has 4 N–H and O–H groups in total. The first kappa shape index (κ1) is 60.6. The fraction of sp³-hybridized carbons (Fsp3) is 0.750. The van der Waals surface area contributed by atoms with Crippen LogP contribution in [0.3, 0.4) is 0 Å². The van der Waals surface area contributed by atoms with E-state index in [-0.39, 0.29) is 19.6 Å². The summed E-state index contributed by atoms with van der Waals surface area (Å²) in [6.45, 7) is 3.83. The molecule has 0 aromatic carbocycles. The van der Waals surface area contributed by atoms with E-state index < -0.39 is 59.8 Å². The zero-order valence-electron chi connectivity index (χ0n) is 40.3. The second kappa shape index (κ2) is 42.9. The lowest BCUT2D eigenvalue weighted by atomic mass is 9.99. The van der Waals surface area contributed by atoms with Crippen molar-refractivity contribution in [3.8, 4) is 0 Å². The SMILES string of the molecule is CC/C=C\C/C=C\C/C=C\C/C=C\C/C=C\CCCCCCCCCCOCC(COC1OC(CO)C(O)C(OS(=O)(=O)O)C1O)OC(=O)CCCCCCC/C=C\CCCCCCC. The van der Waals surface area contributed by atoms with Crippen molar-refractivity contribution in [1.29, 1.82) is 0 Å². The van der Waals surface area contributed by atoms with E-state index in [1.165, 1.54) is 64.2 Å². The summed E-state index contributed by atoms with van der Waals surface area (Å²) >= 11 is 0. The van der Waals surface area contributed by atoms with Gasteiger partial charge in [-0.05, 0) is 83.5 Å². The van der Waals surface area contributed by atoms with Crippen LogP contribution in [-0.4, -0.2) is 97.5 Å². The molecule has 1 aliphatic rings. The topological polar surface area (TPSA) is 178 Å². The van der Waals surface area contributed by atoms with Gasteiger partial charge in [0, 0.05) is 13.0 Å². The summed E-state index contributed by atoms with van der Waals surface area (Å²) in [6, 6.07) is 0. The molecule has 12 nitrogen and oxygen atoms in total. The molecule has 1 saturated heterocycles. The Balaban J connectivity index is 2.36. The number of aliphatic hydroxyl groups is 3. The fourth-order valence-electron chi connectivity index (χ4n) is 7.28. The minimum atomic E-state index is -5.07. The molecule has 1 rings (SSSR count). The lowest BCUT2D eigenvalue weighted by Gasteiger charge is -2.41. The number of allylic oxidation sites excluding steroid dienone is 12. The standard InChI is InChI=1S/C52H90O12S/c1-3-5-7-9-11-13-15-17-19-20-21-22-23-24-25-26-27-28-30-32-34-36-38-40-42-60-44-46(45-61-52-50(56)51(64-65(57,58)59)49(55)47(43-53)63-52)62-48(54)41-39-37-35-33-31-29-18-16-14-12-10-8-6-4-2/h5,7,11,13,16-19,21-22,24-25,46-47,49-53,55-56H,3-4,6,8-10,12,14-15,20,23,26-45H2,1-2H3,(H,57,58,59)/b7-5-,13-11-,18-16-,19-17-,22-21-,25-24-. The summed E-state index contributed by atoms with van der Waals surface area (Å²) in [5.41, 5.74) is 0. The predicted octanol–water partition coefficient (Wildman–Crippen LogP) is 11.5. The number of hydrogen-bond acceptors (Lipinski definition) is 11. The van der Waals surface area contributed by atoms with E-state index in [0.717, 1.165) is 96.3 Å². The largest absolute Gasteiger partial charge is 0.457 e. The Bertz CT molecular complexity index is 1410. The molecule has 0 amide bonds. The number of carbonyl (C=O) groups is 1. The van der Waals surface area contributed by atoms with Crippen molar-refractivity contribution in [1.82, 2.24) is 0 Å². The van der Waals surface area contributed by atoms with Gasteiger partial charge < -0.3 is 34.3 Å². The van der Waals surface area contributed by atoms with E-state index in [9.17, 15) is 33.1 Å². The van der Waals surface area contributed by atoms with Crippen molar-refractivity contribution >= 4 is 16.4 Å². The number of aliphatic hydroxyl groups excluding tert-OH is 3. The number of hydrogen-bond donors (Lipinski definition) is 4. The van der Waals surface area contributed by atoms with E-state index in [4.69, 9.17) is 18.9 Å². The normalized spacial score (nSPS) is 20.2. The van der Waals surface area contributed by atoms with E-state index in [1.54, 1.807) is 0 Å². The van der Waals surface area contributed by atoms with Crippen molar-refractivity contribution in [2.75, 3.05) is 26.4 Å². The van der Waals surface area contributed by atoms with Crippen LogP contribution in [0.2, 0.25) is 0 Å². The van der Waals surface area contributed by atoms with Gasteiger partial charge in [0.1, 0.15) is 30.5 Å². The lowest BCUT2D eigenvalue weighted by Crippen LogP contribution is -2.60. The van der Waals surface area contributed by atoms with Crippen molar-refractivity contribution in [3.05, 3.63) is 72.9 Å². The van der Waals surface area contributed by atoms with Gasteiger partial charge in [-0.3, -0.25) is 9.35 Å². The minimum Gasteiger partial charge on any atom is -0.457 e. The minimum absolute atomic E-state index is 0.0235. The molecule has 0 radical (unpaired) electrons. The zero-order chi connectivity index (χ0) is 47.5. The molecule has 0 bridgehead atoms. The zero-order valence-corrected chi connectivity index (χ0v) is 41.1. The van der Waals surface area contributed by atoms with Crippen LogP contribution in [0.15, 0.2) is 72.9 Å². The van der Waals surface area contributed by atoms with E-state index in [0.29, 0.717) is 13.0 Å². The number of carbonyl (C=O) groups excluding carboxylic acids is 1. The Labute approximate surface area is 394 Å². The van der Waals surface area contributed by atoms with Crippen molar-refractivity contribution in [2.45, 2.75) is 224 Å². The second-order valence-electron chi connectivity index (χ2n) is 17.0. The van der Waals surface area contributed by atoms with Crippen LogP contribution in [0.4, 0.5) is 0 Å². The first-order valence-electron chi connectivity index (χ1n) is 25.2. The summed E-state index contributed by atoms with van der Waals surface area (Å²) in [5, 5.41) is 30.7. The van der Waals surface area contributed by atoms with Gasteiger partial charge in [0.2, 0.25) is 0 Å². The van der Waals surface area contributed by atoms with Crippen LogP contribution in [0.5, 0.6) is 0 Å². The molecule has 13 heteroatoms. The summed E-state index contributed by atoms with van der Waals surface area (Å²) in [4.78, 5) is 12.9. The maximum atomic E-state index is 12.9. The summed E-state index contributed by atoms with van der Waals surface area (Å²) in [5.74, 6) is -0.414. The number of rotatable bonds is 43. The van der Waals surface area contributed by atoms with Gasteiger partial charge in [-0.25, -0.2) is 4.18 Å². The molecular weight excluding hydrogens is 849 g/mol. The second-order valence-corrected chi connectivity index (χ2v) is 18.1. The molecule has 1 fully saturated rings. The Hall–Kier alpha value is -2.46. The Morgan fingerprint density at radius 2 is 1.06 bits per heavy atom. The molecule has 6 atom stereocenters. The molecule has 376 valence electrons. The molecule has 0 spiro atoms. The third-order valence-corrected chi connectivity index (χ3v) is 11.5. The number of esters is 1. The molecule has 0 aliphatic carbocycles. The maximum absolute atomic E-state index is 12.9. The molecule has 1 heterocycles. The third-order valence-electron chi connectivity index (χ3n) is 11.1. The average Bonchev–Trinajstić information content (AvgIpc) is 3.28. The Morgan fingerprint density at radius 1 is 0.600 bits per heavy atom. The fourth-order valence-corrected chi connectivity index (χ4v) is 7.79. The first-order valence-corrected chi connectivity index (χ1v) is 26.6. The highest BCUT2D eigenvalue weighted by Crippen LogP contribution is 2.26. The van der Waals surface area contributed by atoms with E-state index in [2.05, 4.69) is 90.9 Å². The first-order chi connectivity index (χ1) is 31.6. The molecule has 0 aromatic heterocycles. The summed E-state index contributed by atoms with van der Waals surface area (Å²) in [7, 11) is -5.07. The smallest absolute Gasteiger partial charge is 0.397 e. The predicted molar refractivity (Wildman–Crippen MR) is 262 cm³/mol. The van der Waals surface area contributed by atoms with Crippen LogP contribution >= 0.6 is 0 Å². The van der Waals surface area contributed by atoms with Gasteiger partial charge >= 0.3 is 16.4 Å². The Kier molecular flexibility index (Phi) is 39.9. The van der Waals surface area contributed by atoms with E-state index >= 15 is 0 Å². The van der Waals surface area contributed by atoms with Gasteiger partial charge in [-0.1, -0.05) is 170 Å². The summed E-state index contributed by atoms with van der Waals surface area (Å²) < 4.78 is 59.2. The monoisotopic (exact) mass is 939 g/mol. The van der Waals surface area contributed by atoms with Crippen LogP contribution in [0, 0.1) is 0 Å². The highest BCUT2D eigenvalue weighted by Gasteiger charge is 2.48. The van der Waals surface area contributed by atoms with Crippen LogP contribution in [0.1, 0.15) is 187 Å². The van der Waals surface area contributed by atoms with Crippen LogP contribution < -0.4 is 0 Å².